The molecule has 1 amide bonds. The van der Waals surface area contributed by atoms with Crippen molar-refractivity contribution < 1.29 is 29.0 Å². The molecule has 0 aromatic heterocycles. The number of nitrogens with zero attached hydrogens (tertiary/aromatic N) is 1. The number of likely N-dealkylation sites (tertiary alicyclic amines) is 1. The maximum Gasteiger partial charge on any atom is 0.411 e. The molecular weight excluding hydrogens is 266 g/mol. The minimum atomic E-state index is -0.984. The van der Waals surface area contributed by atoms with Gasteiger partial charge in [-0.2, -0.15) is 0 Å². The summed E-state index contributed by atoms with van der Waals surface area (Å²) < 4.78 is 9.88. The molecule has 1 heterocycles. The lowest BCUT2D eigenvalue weighted by Crippen LogP contribution is -2.53. The van der Waals surface area contributed by atoms with Crippen LogP contribution in [0.2, 0.25) is 0 Å². The van der Waals surface area contributed by atoms with E-state index in [1.807, 2.05) is 0 Å². The predicted octanol–water partition coefficient (Wildman–Crippen LogP) is 1.26. The standard InChI is InChI=1S/C13H21NO6/c1-13(2,3)20-12(18)14-7-8(10(15)16)5-6-9(14)11(17)19-4/h8-9H,5-7H2,1-4H3,(H,15,16)/t8-,9-/m1/s1. The third-order valence-electron chi connectivity index (χ3n) is 3.03. The predicted molar refractivity (Wildman–Crippen MR) is 69.1 cm³/mol. The van der Waals surface area contributed by atoms with Crippen LogP contribution in [0.1, 0.15) is 33.6 Å². The molecule has 2 atom stereocenters. The molecule has 0 aromatic rings. The number of hydrogen-bond donors (Lipinski definition) is 1. The summed E-state index contributed by atoms with van der Waals surface area (Å²) in [6, 6.07) is -0.787. The van der Waals surface area contributed by atoms with E-state index < -0.39 is 35.6 Å². The van der Waals surface area contributed by atoms with Gasteiger partial charge in [-0.15, -0.1) is 0 Å². The second kappa shape index (κ2) is 6.11. The van der Waals surface area contributed by atoms with Crippen molar-refractivity contribution in [3.05, 3.63) is 0 Å². The highest BCUT2D eigenvalue weighted by Gasteiger charge is 2.40. The van der Waals surface area contributed by atoms with Crippen LogP contribution in [0.15, 0.2) is 0 Å². The van der Waals surface area contributed by atoms with Crippen LogP contribution < -0.4 is 0 Å². The van der Waals surface area contributed by atoms with Crippen LogP contribution in [0.3, 0.4) is 0 Å². The molecule has 20 heavy (non-hydrogen) atoms. The molecule has 0 aliphatic carbocycles. The largest absolute Gasteiger partial charge is 0.481 e. The number of esters is 1. The number of aliphatic carboxylic acids is 1. The zero-order chi connectivity index (χ0) is 15.5. The third kappa shape index (κ3) is 4.11. The molecule has 0 saturated carbocycles. The number of carboxylic acid groups (broad SMARTS) is 1. The van der Waals surface area contributed by atoms with Crippen molar-refractivity contribution >= 4 is 18.0 Å². The highest BCUT2D eigenvalue weighted by molar-refractivity contribution is 5.83. The number of carboxylic acids is 1. The van der Waals surface area contributed by atoms with E-state index in [0.29, 0.717) is 6.42 Å². The Balaban J connectivity index is 2.89. The Kier molecular flexibility index (Phi) is 4.97. The van der Waals surface area contributed by atoms with Gasteiger partial charge in [0.25, 0.3) is 0 Å². The van der Waals surface area contributed by atoms with Gasteiger partial charge in [-0.05, 0) is 33.6 Å². The number of ether oxygens (including phenoxy) is 2. The fourth-order valence-corrected chi connectivity index (χ4v) is 2.08. The van der Waals surface area contributed by atoms with Crippen LogP contribution in [-0.4, -0.2) is 53.3 Å². The van der Waals surface area contributed by atoms with Crippen molar-refractivity contribution in [1.82, 2.24) is 4.90 Å². The lowest BCUT2D eigenvalue weighted by molar-refractivity contribution is -0.153. The smallest absolute Gasteiger partial charge is 0.411 e. The molecule has 1 aliphatic rings. The summed E-state index contributed by atoms with van der Waals surface area (Å²) in [5, 5.41) is 9.06. The second-order valence-electron chi connectivity index (χ2n) is 5.78. The minimum Gasteiger partial charge on any atom is -0.481 e. The van der Waals surface area contributed by atoms with Gasteiger partial charge in [-0.3, -0.25) is 9.69 Å². The van der Waals surface area contributed by atoms with Gasteiger partial charge < -0.3 is 14.6 Å². The lowest BCUT2D eigenvalue weighted by atomic mass is 9.93. The molecule has 1 rings (SSSR count). The van der Waals surface area contributed by atoms with Crippen molar-refractivity contribution in [2.45, 2.75) is 45.3 Å². The molecule has 0 radical (unpaired) electrons. The van der Waals surface area contributed by atoms with Crippen LogP contribution >= 0.6 is 0 Å². The van der Waals surface area contributed by atoms with Crippen LogP contribution in [0.4, 0.5) is 4.79 Å². The minimum absolute atomic E-state index is 0.0516. The number of piperidine rings is 1. The van der Waals surface area contributed by atoms with E-state index in [9.17, 15) is 14.4 Å². The number of carbonyl (C=O) groups is 3. The molecule has 0 unspecified atom stereocenters. The number of carbonyl (C=O) groups excluding carboxylic acids is 2. The molecule has 7 nitrogen and oxygen atoms in total. The van der Waals surface area contributed by atoms with E-state index in [2.05, 4.69) is 4.74 Å². The first kappa shape index (κ1) is 16.3. The van der Waals surface area contributed by atoms with Crippen molar-refractivity contribution in [2.24, 2.45) is 5.92 Å². The Morgan fingerprint density at radius 3 is 2.25 bits per heavy atom. The van der Waals surface area contributed by atoms with Gasteiger partial charge in [0.1, 0.15) is 11.6 Å². The van der Waals surface area contributed by atoms with E-state index in [1.165, 1.54) is 7.11 Å². The average molecular weight is 287 g/mol. The average Bonchev–Trinajstić information content (AvgIpc) is 2.35. The fraction of sp³-hybridized carbons (Fsp3) is 0.769. The van der Waals surface area contributed by atoms with Gasteiger partial charge in [0, 0.05) is 6.54 Å². The molecule has 0 spiro atoms. The molecule has 0 bridgehead atoms. The summed E-state index contributed by atoms with van der Waals surface area (Å²) in [5.41, 5.74) is -0.714. The third-order valence-corrected chi connectivity index (χ3v) is 3.03. The number of methoxy groups -OCH3 is 1. The summed E-state index contributed by atoms with van der Waals surface area (Å²) in [6.07, 6.45) is -0.115. The Bertz CT molecular complexity index is 400. The topological polar surface area (TPSA) is 93.1 Å². The Labute approximate surface area is 117 Å². The van der Waals surface area contributed by atoms with E-state index in [4.69, 9.17) is 9.84 Å². The Morgan fingerprint density at radius 2 is 1.80 bits per heavy atom. The summed E-state index contributed by atoms with van der Waals surface area (Å²) >= 11 is 0. The van der Waals surface area contributed by atoms with Crippen molar-refractivity contribution in [3.63, 3.8) is 0 Å². The Hall–Kier alpha value is -1.79. The first-order chi connectivity index (χ1) is 9.15. The molecule has 7 heteroatoms. The van der Waals surface area contributed by atoms with E-state index in [-0.39, 0.29) is 13.0 Å². The van der Waals surface area contributed by atoms with Gasteiger partial charge in [0.2, 0.25) is 0 Å². The zero-order valence-corrected chi connectivity index (χ0v) is 12.2. The molecule has 1 N–H and O–H groups in total. The normalized spacial score (nSPS) is 23.1. The second-order valence-corrected chi connectivity index (χ2v) is 5.78. The zero-order valence-electron chi connectivity index (χ0n) is 12.2. The van der Waals surface area contributed by atoms with Crippen molar-refractivity contribution in [1.29, 1.82) is 0 Å². The number of hydrogen-bond acceptors (Lipinski definition) is 5. The van der Waals surface area contributed by atoms with Crippen molar-refractivity contribution in [2.75, 3.05) is 13.7 Å². The van der Waals surface area contributed by atoms with Crippen LogP contribution in [0.25, 0.3) is 0 Å². The molecule has 1 saturated heterocycles. The van der Waals surface area contributed by atoms with Gasteiger partial charge in [-0.1, -0.05) is 0 Å². The summed E-state index contributed by atoms with van der Waals surface area (Å²) in [4.78, 5) is 36.0. The van der Waals surface area contributed by atoms with Gasteiger partial charge >= 0.3 is 18.0 Å². The SMILES string of the molecule is COC(=O)[C@H]1CC[C@@H](C(=O)O)CN1C(=O)OC(C)(C)C. The Morgan fingerprint density at radius 1 is 1.20 bits per heavy atom. The summed E-state index contributed by atoms with van der Waals surface area (Å²) in [6.45, 7) is 5.06. The van der Waals surface area contributed by atoms with Gasteiger partial charge in [0.05, 0.1) is 13.0 Å². The lowest BCUT2D eigenvalue weighted by Gasteiger charge is -2.37. The first-order valence-corrected chi connectivity index (χ1v) is 6.46. The highest BCUT2D eigenvalue weighted by Crippen LogP contribution is 2.25. The molecule has 114 valence electrons. The van der Waals surface area contributed by atoms with Gasteiger partial charge in [-0.25, -0.2) is 9.59 Å². The number of amides is 1. The van der Waals surface area contributed by atoms with Gasteiger partial charge in [0.15, 0.2) is 0 Å². The van der Waals surface area contributed by atoms with Crippen LogP contribution in [0, 0.1) is 5.92 Å². The summed E-state index contributed by atoms with van der Waals surface area (Å²) in [5.74, 6) is -2.23. The fourth-order valence-electron chi connectivity index (χ4n) is 2.08. The van der Waals surface area contributed by atoms with E-state index in [1.54, 1.807) is 20.8 Å². The van der Waals surface area contributed by atoms with Crippen LogP contribution in [-0.2, 0) is 19.1 Å². The molecule has 1 aliphatic heterocycles. The highest BCUT2D eigenvalue weighted by atomic mass is 16.6. The number of rotatable bonds is 2. The molecule has 1 fully saturated rings. The van der Waals surface area contributed by atoms with E-state index >= 15 is 0 Å². The molecule has 0 aromatic carbocycles. The first-order valence-electron chi connectivity index (χ1n) is 6.46. The quantitative estimate of drug-likeness (QED) is 0.768. The maximum atomic E-state index is 12.1. The van der Waals surface area contributed by atoms with Crippen LogP contribution in [0.5, 0.6) is 0 Å². The maximum absolute atomic E-state index is 12.1. The van der Waals surface area contributed by atoms with Crippen molar-refractivity contribution in [3.8, 4) is 0 Å². The van der Waals surface area contributed by atoms with E-state index in [0.717, 1.165) is 4.90 Å². The monoisotopic (exact) mass is 287 g/mol. The summed E-state index contributed by atoms with van der Waals surface area (Å²) in [7, 11) is 1.24. The molecular formula is C13H21NO6.